The van der Waals surface area contributed by atoms with Crippen molar-refractivity contribution in [2.24, 2.45) is 23.2 Å². The molecular formula is C27H40O4. The lowest BCUT2D eigenvalue weighted by molar-refractivity contribution is -0.154. The molecule has 0 bridgehead atoms. The fourth-order valence-electron chi connectivity index (χ4n) is 7.17. The van der Waals surface area contributed by atoms with E-state index in [1.807, 2.05) is 0 Å². The van der Waals surface area contributed by atoms with E-state index in [2.05, 4.69) is 32.6 Å². The van der Waals surface area contributed by atoms with Gasteiger partial charge in [-0.3, -0.25) is 0 Å². The lowest BCUT2D eigenvalue weighted by atomic mass is 9.60. The Morgan fingerprint density at radius 1 is 1.23 bits per heavy atom. The highest BCUT2D eigenvalue weighted by Gasteiger charge is 2.52. The first kappa shape index (κ1) is 22.8. The Morgan fingerprint density at radius 3 is 2.71 bits per heavy atom. The van der Waals surface area contributed by atoms with Crippen molar-refractivity contribution in [2.75, 3.05) is 0 Å². The number of allylic oxidation sites excluding steroid dienone is 4. The zero-order valence-corrected chi connectivity index (χ0v) is 19.5. The van der Waals surface area contributed by atoms with Gasteiger partial charge in [0.1, 0.15) is 6.10 Å². The van der Waals surface area contributed by atoms with E-state index in [4.69, 9.17) is 4.74 Å². The van der Waals surface area contributed by atoms with Gasteiger partial charge in [0.25, 0.3) is 0 Å². The minimum atomic E-state index is -1.32. The molecule has 2 N–H and O–H groups in total. The second kappa shape index (κ2) is 8.51. The maximum atomic E-state index is 11.9. The van der Waals surface area contributed by atoms with Crippen LogP contribution in [0.1, 0.15) is 85.0 Å². The standard InChI is InChI=1S/C27H40O4/c1-17-7-10-21(28)15-20(17)9-8-19-6-5-13-26(3)23(11-12-24(19)26)18(2)14-22-16-27(4,30)25(29)31-22/h8-9,18,21-24,28,30H,1,5-7,10-16H2,2-4H3/b19-8+,20-9-/t18-,21+,22-,23-,24+,26-,27?/m1/s1. The molecule has 1 unspecified atom stereocenters. The van der Waals surface area contributed by atoms with Gasteiger partial charge in [0.05, 0.1) is 6.10 Å². The summed E-state index contributed by atoms with van der Waals surface area (Å²) in [4.78, 5) is 11.9. The summed E-state index contributed by atoms with van der Waals surface area (Å²) < 4.78 is 5.48. The van der Waals surface area contributed by atoms with E-state index in [0.29, 0.717) is 24.2 Å². The Balaban J connectivity index is 1.46. The van der Waals surface area contributed by atoms with Crippen LogP contribution in [0.15, 0.2) is 35.5 Å². The first-order valence-electron chi connectivity index (χ1n) is 12.3. The van der Waals surface area contributed by atoms with Gasteiger partial charge in [-0.2, -0.15) is 0 Å². The van der Waals surface area contributed by atoms with Crippen LogP contribution in [0.4, 0.5) is 0 Å². The van der Waals surface area contributed by atoms with E-state index < -0.39 is 11.6 Å². The number of hydrogen-bond donors (Lipinski definition) is 2. The van der Waals surface area contributed by atoms with Crippen molar-refractivity contribution in [2.45, 2.75) is 103 Å². The van der Waals surface area contributed by atoms with Crippen molar-refractivity contribution in [3.63, 3.8) is 0 Å². The van der Waals surface area contributed by atoms with Crippen LogP contribution in [0.2, 0.25) is 0 Å². The Labute approximate surface area is 187 Å². The average Bonchev–Trinajstić information content (AvgIpc) is 3.17. The third-order valence-corrected chi connectivity index (χ3v) is 8.89. The van der Waals surface area contributed by atoms with E-state index in [0.717, 1.165) is 25.7 Å². The highest BCUT2D eigenvalue weighted by molar-refractivity contribution is 5.80. The Hall–Kier alpha value is -1.39. The van der Waals surface area contributed by atoms with Gasteiger partial charge >= 0.3 is 5.97 Å². The maximum absolute atomic E-state index is 11.9. The molecule has 0 aromatic rings. The topological polar surface area (TPSA) is 66.8 Å². The van der Waals surface area contributed by atoms with Gasteiger partial charge in [-0.1, -0.05) is 43.7 Å². The van der Waals surface area contributed by atoms with Crippen molar-refractivity contribution >= 4 is 5.97 Å². The van der Waals surface area contributed by atoms with Gasteiger partial charge in [0.2, 0.25) is 0 Å². The summed E-state index contributed by atoms with van der Waals surface area (Å²) in [5.41, 5.74) is 2.93. The summed E-state index contributed by atoms with van der Waals surface area (Å²) in [6.07, 6.45) is 14.0. The number of aliphatic hydroxyl groups is 2. The first-order valence-corrected chi connectivity index (χ1v) is 12.3. The van der Waals surface area contributed by atoms with Crippen molar-refractivity contribution in [3.05, 3.63) is 35.5 Å². The van der Waals surface area contributed by atoms with Crippen LogP contribution in [0, 0.1) is 23.2 Å². The highest BCUT2D eigenvalue weighted by Crippen LogP contribution is 2.60. The second-order valence-corrected chi connectivity index (χ2v) is 11.2. The molecule has 4 fully saturated rings. The summed E-state index contributed by atoms with van der Waals surface area (Å²) in [5.74, 6) is 1.23. The van der Waals surface area contributed by atoms with Gasteiger partial charge in [-0.15, -0.1) is 0 Å². The van der Waals surface area contributed by atoms with E-state index >= 15 is 0 Å². The highest BCUT2D eigenvalue weighted by atomic mass is 16.6. The predicted molar refractivity (Wildman–Crippen MR) is 122 cm³/mol. The third kappa shape index (κ3) is 4.43. The Morgan fingerprint density at radius 2 is 2.00 bits per heavy atom. The fourth-order valence-corrected chi connectivity index (χ4v) is 7.17. The van der Waals surface area contributed by atoms with Gasteiger partial charge in [-0.25, -0.2) is 4.79 Å². The lowest BCUT2D eigenvalue weighted by Gasteiger charge is -2.44. The first-order chi connectivity index (χ1) is 14.6. The summed E-state index contributed by atoms with van der Waals surface area (Å²) in [7, 11) is 0. The number of hydrogen-bond acceptors (Lipinski definition) is 4. The molecule has 4 heteroatoms. The van der Waals surface area contributed by atoms with Gasteiger partial charge in [0.15, 0.2) is 5.60 Å². The number of cyclic esters (lactones) is 1. The molecule has 0 aromatic heterocycles. The molecule has 0 amide bonds. The summed E-state index contributed by atoms with van der Waals surface area (Å²) >= 11 is 0. The van der Waals surface area contributed by atoms with Crippen LogP contribution in [-0.4, -0.2) is 34.0 Å². The molecule has 1 aliphatic heterocycles. The van der Waals surface area contributed by atoms with E-state index in [9.17, 15) is 15.0 Å². The zero-order valence-electron chi connectivity index (χ0n) is 19.5. The summed E-state index contributed by atoms with van der Waals surface area (Å²) in [6, 6.07) is 0. The number of rotatable bonds is 4. The van der Waals surface area contributed by atoms with Crippen LogP contribution >= 0.6 is 0 Å². The minimum absolute atomic E-state index is 0.160. The lowest BCUT2D eigenvalue weighted by Crippen LogP contribution is -2.36. The van der Waals surface area contributed by atoms with Crippen LogP contribution in [-0.2, 0) is 9.53 Å². The molecular weight excluding hydrogens is 388 g/mol. The van der Waals surface area contributed by atoms with E-state index in [-0.39, 0.29) is 17.6 Å². The quantitative estimate of drug-likeness (QED) is 0.600. The second-order valence-electron chi connectivity index (χ2n) is 11.2. The SMILES string of the molecule is C=C1CC[C@H](O)C/C1=C/C=C1\CCC[C@]2(C)[C@@H]([C@H](C)C[C@@H]3CC(C)(O)C(=O)O3)CC[C@@H]12. The van der Waals surface area contributed by atoms with Gasteiger partial charge < -0.3 is 14.9 Å². The molecule has 172 valence electrons. The van der Waals surface area contributed by atoms with Crippen molar-refractivity contribution in [1.82, 2.24) is 0 Å². The number of aliphatic hydroxyl groups excluding tert-OH is 1. The van der Waals surface area contributed by atoms with Gasteiger partial charge in [0, 0.05) is 6.42 Å². The number of carbonyl (C=O) groups is 1. The van der Waals surface area contributed by atoms with Crippen LogP contribution in [0.3, 0.4) is 0 Å². The number of carbonyl (C=O) groups excluding carboxylic acids is 1. The third-order valence-electron chi connectivity index (χ3n) is 8.89. The molecule has 31 heavy (non-hydrogen) atoms. The van der Waals surface area contributed by atoms with Crippen LogP contribution in [0.5, 0.6) is 0 Å². The molecule has 7 atom stereocenters. The fraction of sp³-hybridized carbons (Fsp3) is 0.741. The molecule has 1 saturated heterocycles. The largest absolute Gasteiger partial charge is 0.460 e. The monoisotopic (exact) mass is 428 g/mol. The molecule has 0 aromatic carbocycles. The van der Waals surface area contributed by atoms with Gasteiger partial charge in [-0.05, 0) is 93.5 Å². The van der Waals surface area contributed by atoms with Crippen LogP contribution in [0.25, 0.3) is 0 Å². The summed E-state index contributed by atoms with van der Waals surface area (Å²) in [5, 5.41) is 20.2. The molecule has 4 nitrogen and oxygen atoms in total. The maximum Gasteiger partial charge on any atom is 0.338 e. The molecule has 4 aliphatic rings. The van der Waals surface area contributed by atoms with E-state index in [1.165, 1.54) is 43.3 Å². The smallest absolute Gasteiger partial charge is 0.338 e. The molecule has 0 radical (unpaired) electrons. The molecule has 3 saturated carbocycles. The normalized spacial score (nSPS) is 44.5. The van der Waals surface area contributed by atoms with E-state index in [1.54, 1.807) is 12.5 Å². The Kier molecular flexibility index (Phi) is 6.26. The van der Waals surface area contributed by atoms with Crippen molar-refractivity contribution in [1.29, 1.82) is 0 Å². The Bertz CT molecular complexity index is 791. The summed E-state index contributed by atoms with van der Waals surface area (Å²) in [6.45, 7) is 10.6. The number of fused-ring (bicyclic) bond motifs is 1. The van der Waals surface area contributed by atoms with Crippen molar-refractivity contribution in [3.8, 4) is 0 Å². The molecule has 3 aliphatic carbocycles. The molecule has 0 spiro atoms. The number of esters is 1. The van der Waals surface area contributed by atoms with Crippen LogP contribution < -0.4 is 0 Å². The predicted octanol–water partition coefficient (Wildman–Crippen LogP) is 5.25. The molecule has 1 heterocycles. The molecule has 4 rings (SSSR count). The minimum Gasteiger partial charge on any atom is -0.460 e. The average molecular weight is 429 g/mol. The zero-order chi connectivity index (χ0) is 22.4. The van der Waals surface area contributed by atoms with Crippen molar-refractivity contribution < 1.29 is 19.7 Å². The number of ether oxygens (including phenoxy) is 1.